The van der Waals surface area contributed by atoms with E-state index >= 15 is 0 Å². The van der Waals surface area contributed by atoms with Crippen LogP contribution in [0.2, 0.25) is 0 Å². The molecule has 0 fully saturated rings. The molecule has 0 atom stereocenters. The zero-order chi connectivity index (χ0) is 10.2. The van der Waals surface area contributed by atoms with Crippen LogP contribution >= 0.6 is 0 Å². The van der Waals surface area contributed by atoms with Gasteiger partial charge in [0.2, 0.25) is 0 Å². The summed E-state index contributed by atoms with van der Waals surface area (Å²) in [6, 6.07) is 1.16. The monoisotopic (exact) mass is 182 g/mol. The number of nitrogens with one attached hydrogen (secondary N) is 1. The molecule has 0 unspecified atom stereocenters. The van der Waals surface area contributed by atoms with Crippen molar-refractivity contribution in [1.82, 2.24) is 9.13 Å². The zero-order valence-electron chi connectivity index (χ0n) is 7.37. The predicted octanol–water partition coefficient (Wildman–Crippen LogP) is -1.63. The lowest BCUT2D eigenvalue weighted by Crippen LogP contribution is -2.40. The number of nitrogens with zero attached hydrogens (tertiary/aromatic N) is 2. The molecule has 0 saturated heterocycles. The minimum atomic E-state index is -0.488. The van der Waals surface area contributed by atoms with Gasteiger partial charge in [-0.15, -0.1) is 0 Å². The Balaban J connectivity index is 3.70. The van der Waals surface area contributed by atoms with Gasteiger partial charge in [-0.2, -0.15) is 0 Å². The lowest BCUT2D eigenvalue weighted by Gasteiger charge is -2.06. The molecule has 0 aliphatic heterocycles. The van der Waals surface area contributed by atoms with Crippen LogP contribution in [-0.2, 0) is 14.1 Å². The maximum Gasteiger partial charge on any atom is 0.331 e. The van der Waals surface area contributed by atoms with Crippen LogP contribution in [0.4, 0.5) is 0 Å². The second-order valence-corrected chi connectivity index (χ2v) is 2.68. The van der Waals surface area contributed by atoms with E-state index in [0.29, 0.717) is 0 Å². The van der Waals surface area contributed by atoms with Crippen LogP contribution in [0.25, 0.3) is 0 Å². The van der Waals surface area contributed by atoms with Gasteiger partial charge in [-0.05, 0) is 0 Å². The molecule has 0 amide bonds. The molecule has 0 radical (unpaired) electrons. The van der Waals surface area contributed by atoms with Crippen LogP contribution < -0.4 is 17.0 Å². The van der Waals surface area contributed by atoms with E-state index in [1.807, 2.05) is 0 Å². The standard InChI is InChI=1S/C7H10N4O2/c1-10-4(6(8)9)3-5(12)11(2)7(10)13/h3H,1-2H3,(H3,8,9). The first-order valence-corrected chi connectivity index (χ1v) is 3.56. The van der Waals surface area contributed by atoms with Gasteiger partial charge < -0.3 is 5.73 Å². The first-order chi connectivity index (χ1) is 5.95. The summed E-state index contributed by atoms with van der Waals surface area (Å²) in [5, 5.41) is 7.11. The van der Waals surface area contributed by atoms with Crippen molar-refractivity contribution in [2.45, 2.75) is 0 Å². The van der Waals surface area contributed by atoms with Gasteiger partial charge in [-0.1, -0.05) is 0 Å². The first kappa shape index (κ1) is 9.24. The Hall–Kier alpha value is -1.85. The summed E-state index contributed by atoms with van der Waals surface area (Å²) in [6.45, 7) is 0. The Morgan fingerprint density at radius 2 is 1.92 bits per heavy atom. The molecule has 70 valence electrons. The molecule has 1 heterocycles. The van der Waals surface area contributed by atoms with Crippen LogP contribution in [-0.4, -0.2) is 15.0 Å². The number of rotatable bonds is 1. The van der Waals surface area contributed by atoms with E-state index in [-0.39, 0.29) is 11.5 Å². The minimum absolute atomic E-state index is 0.133. The Morgan fingerprint density at radius 1 is 1.38 bits per heavy atom. The van der Waals surface area contributed by atoms with Gasteiger partial charge in [0, 0.05) is 20.2 Å². The number of nitrogen functional groups attached to an aromatic ring is 1. The van der Waals surface area contributed by atoms with Crippen molar-refractivity contribution in [1.29, 1.82) is 5.41 Å². The van der Waals surface area contributed by atoms with Gasteiger partial charge in [0.15, 0.2) is 0 Å². The lowest BCUT2D eigenvalue weighted by molar-refractivity contribution is 0.679. The average molecular weight is 182 g/mol. The molecule has 13 heavy (non-hydrogen) atoms. The van der Waals surface area contributed by atoms with Crippen molar-refractivity contribution < 1.29 is 0 Å². The molecule has 0 aliphatic carbocycles. The fraction of sp³-hybridized carbons (Fsp3) is 0.286. The van der Waals surface area contributed by atoms with E-state index in [1.165, 1.54) is 14.1 Å². The predicted molar refractivity (Wildman–Crippen MR) is 47.9 cm³/mol. The van der Waals surface area contributed by atoms with Gasteiger partial charge in [0.05, 0.1) is 5.69 Å². The van der Waals surface area contributed by atoms with Crippen molar-refractivity contribution in [3.8, 4) is 0 Å². The molecule has 3 N–H and O–H groups in total. The number of amidine groups is 1. The third-order valence-electron chi connectivity index (χ3n) is 1.80. The Labute approximate surface area is 73.7 Å². The topological polar surface area (TPSA) is 93.9 Å². The summed E-state index contributed by atoms with van der Waals surface area (Å²) >= 11 is 0. The summed E-state index contributed by atoms with van der Waals surface area (Å²) in [6.07, 6.45) is 0. The van der Waals surface area contributed by atoms with Crippen LogP contribution in [0.5, 0.6) is 0 Å². The van der Waals surface area contributed by atoms with Crippen LogP contribution in [0.15, 0.2) is 15.7 Å². The van der Waals surface area contributed by atoms with E-state index < -0.39 is 11.2 Å². The maximum atomic E-state index is 11.3. The minimum Gasteiger partial charge on any atom is -0.382 e. The van der Waals surface area contributed by atoms with E-state index in [0.717, 1.165) is 15.2 Å². The highest BCUT2D eigenvalue weighted by atomic mass is 16.2. The molecule has 0 aromatic carbocycles. The van der Waals surface area contributed by atoms with E-state index in [4.69, 9.17) is 11.1 Å². The normalized spacial score (nSPS) is 10.0. The van der Waals surface area contributed by atoms with Gasteiger partial charge in [-0.25, -0.2) is 4.79 Å². The van der Waals surface area contributed by atoms with Crippen LogP contribution in [0, 0.1) is 5.41 Å². The van der Waals surface area contributed by atoms with Gasteiger partial charge in [0.1, 0.15) is 5.84 Å². The average Bonchev–Trinajstić information content (AvgIpc) is 2.07. The highest BCUT2D eigenvalue weighted by Crippen LogP contribution is 1.86. The Bertz CT molecular complexity index is 468. The number of hydrogen-bond donors (Lipinski definition) is 2. The van der Waals surface area contributed by atoms with E-state index in [1.54, 1.807) is 0 Å². The van der Waals surface area contributed by atoms with Gasteiger partial charge >= 0.3 is 5.69 Å². The lowest BCUT2D eigenvalue weighted by atomic mass is 10.3. The molecule has 1 aromatic heterocycles. The van der Waals surface area contributed by atoms with Crippen molar-refractivity contribution >= 4 is 5.84 Å². The fourth-order valence-electron chi connectivity index (χ4n) is 0.991. The molecule has 6 nitrogen and oxygen atoms in total. The largest absolute Gasteiger partial charge is 0.382 e. The Kier molecular flexibility index (Phi) is 2.05. The molecule has 0 saturated carbocycles. The van der Waals surface area contributed by atoms with Crippen molar-refractivity contribution in [3.63, 3.8) is 0 Å². The SMILES string of the molecule is Cn1c(C(=N)N)cc(=O)n(C)c1=O. The fourth-order valence-corrected chi connectivity index (χ4v) is 0.991. The number of hydrogen-bond acceptors (Lipinski definition) is 3. The maximum absolute atomic E-state index is 11.3. The summed E-state index contributed by atoms with van der Waals surface area (Å²) in [5.74, 6) is -0.294. The first-order valence-electron chi connectivity index (χ1n) is 3.56. The summed E-state index contributed by atoms with van der Waals surface area (Å²) in [5.41, 5.74) is 4.36. The van der Waals surface area contributed by atoms with Crippen molar-refractivity contribution in [2.75, 3.05) is 0 Å². The van der Waals surface area contributed by atoms with Crippen LogP contribution in [0.1, 0.15) is 5.69 Å². The van der Waals surface area contributed by atoms with Crippen molar-refractivity contribution in [2.24, 2.45) is 19.8 Å². The highest BCUT2D eigenvalue weighted by molar-refractivity contribution is 5.93. The number of aromatic nitrogens is 2. The molecular weight excluding hydrogens is 172 g/mol. The highest BCUT2D eigenvalue weighted by Gasteiger charge is 2.06. The van der Waals surface area contributed by atoms with E-state index in [2.05, 4.69) is 0 Å². The van der Waals surface area contributed by atoms with Gasteiger partial charge in [-0.3, -0.25) is 19.3 Å². The molecular formula is C7H10N4O2. The second kappa shape index (κ2) is 2.89. The second-order valence-electron chi connectivity index (χ2n) is 2.68. The van der Waals surface area contributed by atoms with Crippen molar-refractivity contribution in [3.05, 3.63) is 32.6 Å². The molecule has 0 bridgehead atoms. The third kappa shape index (κ3) is 1.37. The summed E-state index contributed by atoms with van der Waals surface area (Å²) in [7, 11) is 2.83. The smallest absolute Gasteiger partial charge is 0.331 e. The molecule has 1 rings (SSSR count). The summed E-state index contributed by atoms with van der Waals surface area (Å²) in [4.78, 5) is 22.4. The third-order valence-corrected chi connectivity index (χ3v) is 1.80. The quantitative estimate of drug-likeness (QED) is 0.403. The van der Waals surface area contributed by atoms with Gasteiger partial charge in [0.25, 0.3) is 5.56 Å². The summed E-state index contributed by atoms with van der Waals surface area (Å²) < 4.78 is 2.11. The molecule has 0 spiro atoms. The van der Waals surface area contributed by atoms with Crippen LogP contribution in [0.3, 0.4) is 0 Å². The zero-order valence-corrected chi connectivity index (χ0v) is 7.37. The molecule has 0 aliphatic rings. The molecule has 6 heteroatoms. The number of nitrogens with two attached hydrogens (primary N) is 1. The van der Waals surface area contributed by atoms with E-state index in [9.17, 15) is 9.59 Å². The Morgan fingerprint density at radius 3 is 2.38 bits per heavy atom. The molecule has 1 aromatic rings.